The van der Waals surface area contributed by atoms with Crippen LogP contribution in [0.25, 0.3) is 16.6 Å². The van der Waals surface area contributed by atoms with Crippen LogP contribution in [0.1, 0.15) is 38.3 Å². The second-order valence-electron chi connectivity index (χ2n) is 7.95. The van der Waals surface area contributed by atoms with E-state index in [0.717, 1.165) is 47.1 Å². The van der Waals surface area contributed by atoms with Crippen molar-refractivity contribution < 1.29 is 23.8 Å². The number of carbonyl (C=O) groups is 2. The summed E-state index contributed by atoms with van der Waals surface area (Å²) in [6.45, 7) is 6.51. The fraction of sp³-hybridized carbons (Fsp3) is 0.417. The molecule has 1 fully saturated rings. The summed E-state index contributed by atoms with van der Waals surface area (Å²) in [6.07, 6.45) is 3.71. The minimum Gasteiger partial charge on any atom is -0.481 e. The molecule has 36 heavy (non-hydrogen) atoms. The van der Waals surface area contributed by atoms with E-state index in [2.05, 4.69) is 88.0 Å². The summed E-state index contributed by atoms with van der Waals surface area (Å²) in [6, 6.07) is 11.2. The lowest BCUT2D eigenvalue weighted by molar-refractivity contribution is -0.389. The van der Waals surface area contributed by atoms with Crippen LogP contribution in [-0.4, -0.2) is 62.6 Å². The molecule has 0 atom stereocenters. The molecule has 3 aromatic rings. The van der Waals surface area contributed by atoms with Gasteiger partial charge in [-0.25, -0.2) is 9.97 Å². The first kappa shape index (κ1) is 27.9. The lowest BCUT2D eigenvalue weighted by Crippen LogP contribution is -2.34. The van der Waals surface area contributed by atoms with E-state index in [9.17, 15) is 9.59 Å². The third-order valence-electron chi connectivity index (χ3n) is 5.60. The van der Waals surface area contributed by atoms with E-state index in [1.807, 2.05) is 0 Å². The molecule has 0 saturated carbocycles. The van der Waals surface area contributed by atoms with Gasteiger partial charge in [-0.05, 0) is 54.8 Å². The van der Waals surface area contributed by atoms with Gasteiger partial charge < -0.3 is 19.6 Å². The van der Waals surface area contributed by atoms with Crippen LogP contribution in [0.15, 0.2) is 42.9 Å². The van der Waals surface area contributed by atoms with E-state index >= 15 is 0 Å². The van der Waals surface area contributed by atoms with E-state index in [-0.39, 0.29) is 17.9 Å². The van der Waals surface area contributed by atoms with E-state index in [1.54, 1.807) is 20.2 Å². The van der Waals surface area contributed by atoms with Crippen LogP contribution >= 0.6 is 34.2 Å². The summed E-state index contributed by atoms with van der Waals surface area (Å²) in [5.41, 5.74) is 11.1. The number of hydrogen-bond donors (Lipinski definition) is 0. The molecule has 1 aliphatic rings. The minimum absolute atomic E-state index is 0.0787. The normalized spacial score (nSPS) is 14.1. The standard InChI is InChI=1S/C18H18ClIN4.C6H10N2O4/c19-17-16-15(20)11-24(18(16)22-12-21-17)14-6-8-23(9-7-14)10-13-4-2-1-3-5-13;1-3-11-5(9)8(7)6(10)12-4-2/h1-5,11-12,14H,6-10H2;3-4H2,1-2H3. The number of hydrogen-bond acceptors (Lipinski definition) is 7. The van der Waals surface area contributed by atoms with Crippen LogP contribution in [0.2, 0.25) is 5.15 Å². The number of fused-ring (bicyclic) bond motifs is 1. The molecule has 12 heteroatoms. The first-order valence-electron chi connectivity index (χ1n) is 11.6. The topological polar surface area (TPSA) is 112 Å². The van der Waals surface area contributed by atoms with Crippen LogP contribution in [0, 0.1) is 3.57 Å². The summed E-state index contributed by atoms with van der Waals surface area (Å²) in [4.78, 5) is 32.3. The summed E-state index contributed by atoms with van der Waals surface area (Å²) in [5, 5.41) is 1.52. The molecule has 1 saturated heterocycles. The Bertz CT molecular complexity index is 1180. The van der Waals surface area contributed by atoms with Gasteiger partial charge in [0.2, 0.25) is 0 Å². The van der Waals surface area contributed by atoms with Crippen molar-refractivity contribution in [3.63, 3.8) is 0 Å². The number of imide groups is 1. The molecule has 1 aliphatic heterocycles. The van der Waals surface area contributed by atoms with E-state index < -0.39 is 12.2 Å². The highest BCUT2D eigenvalue weighted by Crippen LogP contribution is 2.32. The molecular formula is C24H28ClIN6O4. The maximum absolute atomic E-state index is 10.6. The Hall–Kier alpha value is -2.64. The van der Waals surface area contributed by atoms with E-state index in [1.165, 1.54) is 5.56 Å². The number of rotatable bonds is 5. The first-order chi connectivity index (χ1) is 17.3. The Labute approximate surface area is 228 Å². The fourth-order valence-corrected chi connectivity index (χ4v) is 5.11. The van der Waals surface area contributed by atoms with Crippen molar-refractivity contribution in [2.45, 2.75) is 39.3 Å². The van der Waals surface area contributed by atoms with Crippen molar-refractivity contribution >= 4 is 57.4 Å². The molecule has 2 amide bonds. The zero-order chi connectivity index (χ0) is 26.1. The summed E-state index contributed by atoms with van der Waals surface area (Å²) >= 11 is 8.57. The van der Waals surface area contributed by atoms with Gasteiger partial charge in [-0.1, -0.05) is 41.9 Å². The van der Waals surface area contributed by atoms with Gasteiger partial charge in [-0.3, -0.25) is 4.90 Å². The number of amides is 2. The van der Waals surface area contributed by atoms with E-state index in [4.69, 9.17) is 17.1 Å². The van der Waals surface area contributed by atoms with Crippen LogP contribution in [0.3, 0.4) is 0 Å². The SMILES string of the molecule is CCOC(=O)[N+](=[N-])C(=O)OCC.Clc1ncnc2c1c(I)cn2C1CCN(Cc2ccccc2)CC1. The van der Waals surface area contributed by atoms with Crippen molar-refractivity contribution in [2.75, 3.05) is 26.3 Å². The van der Waals surface area contributed by atoms with Crippen molar-refractivity contribution in [1.29, 1.82) is 0 Å². The number of carbonyl (C=O) groups excluding carboxylic acids is 2. The maximum Gasteiger partial charge on any atom is 0.596 e. The summed E-state index contributed by atoms with van der Waals surface area (Å²) < 4.78 is 11.8. The highest BCUT2D eigenvalue weighted by Gasteiger charge is 2.24. The van der Waals surface area contributed by atoms with Crippen molar-refractivity contribution in [1.82, 2.24) is 19.4 Å². The van der Waals surface area contributed by atoms with Gasteiger partial charge in [0.15, 0.2) is 0 Å². The van der Waals surface area contributed by atoms with Gasteiger partial charge in [-0.15, -0.1) is 4.70 Å². The number of halogens is 2. The predicted molar refractivity (Wildman–Crippen MR) is 143 cm³/mol. The first-order valence-corrected chi connectivity index (χ1v) is 13.1. The molecule has 0 spiro atoms. The Kier molecular flexibility index (Phi) is 10.6. The Morgan fingerprint density at radius 2 is 1.72 bits per heavy atom. The highest BCUT2D eigenvalue weighted by atomic mass is 127. The van der Waals surface area contributed by atoms with Gasteiger partial charge in [0.1, 0.15) is 17.1 Å². The van der Waals surface area contributed by atoms with Gasteiger partial charge in [0.25, 0.3) is 0 Å². The van der Waals surface area contributed by atoms with Crippen LogP contribution in [0.4, 0.5) is 9.59 Å². The zero-order valence-corrected chi connectivity index (χ0v) is 23.1. The molecule has 192 valence electrons. The average Bonchev–Trinajstić information content (AvgIpc) is 3.23. The molecule has 3 heterocycles. The maximum atomic E-state index is 10.6. The van der Waals surface area contributed by atoms with Gasteiger partial charge in [0.05, 0.1) is 18.6 Å². The number of piperidine rings is 1. The third-order valence-corrected chi connectivity index (χ3v) is 6.70. The molecule has 0 bridgehead atoms. The molecule has 10 nitrogen and oxygen atoms in total. The number of benzene rings is 1. The average molecular weight is 627 g/mol. The number of ether oxygens (including phenoxy) is 2. The lowest BCUT2D eigenvalue weighted by atomic mass is 10.0. The van der Waals surface area contributed by atoms with E-state index in [0.29, 0.717) is 11.2 Å². The highest BCUT2D eigenvalue weighted by molar-refractivity contribution is 14.1. The molecule has 4 rings (SSSR count). The second-order valence-corrected chi connectivity index (χ2v) is 9.47. The largest absolute Gasteiger partial charge is 0.596 e. The third kappa shape index (κ3) is 7.20. The lowest BCUT2D eigenvalue weighted by Gasteiger charge is -2.32. The molecule has 0 N–H and O–H groups in total. The summed E-state index contributed by atoms with van der Waals surface area (Å²) in [7, 11) is 0. The van der Waals surface area contributed by atoms with Gasteiger partial charge >= 0.3 is 12.2 Å². The number of nitrogens with zero attached hydrogens (tertiary/aromatic N) is 6. The molecule has 0 unspecified atom stereocenters. The monoisotopic (exact) mass is 626 g/mol. The van der Waals surface area contributed by atoms with Gasteiger partial charge in [0, 0.05) is 35.4 Å². The molecule has 1 aromatic carbocycles. The minimum atomic E-state index is -1.14. The second kappa shape index (κ2) is 13.6. The molecule has 0 aliphatic carbocycles. The Morgan fingerprint density at radius 3 is 2.31 bits per heavy atom. The zero-order valence-electron chi connectivity index (χ0n) is 20.1. The van der Waals surface area contributed by atoms with Crippen molar-refractivity contribution in [3.05, 3.63) is 62.7 Å². The Balaban J connectivity index is 0.000000257. The molecule has 2 aromatic heterocycles. The van der Waals surface area contributed by atoms with Crippen molar-refractivity contribution in [2.24, 2.45) is 0 Å². The van der Waals surface area contributed by atoms with Gasteiger partial charge in [-0.2, -0.15) is 9.59 Å². The molecular weight excluding hydrogens is 599 g/mol. The Morgan fingerprint density at radius 1 is 1.11 bits per heavy atom. The van der Waals surface area contributed by atoms with Crippen molar-refractivity contribution in [3.8, 4) is 0 Å². The predicted octanol–water partition coefficient (Wildman–Crippen LogP) is 5.86. The number of aromatic nitrogens is 3. The molecule has 0 radical (unpaired) electrons. The smallest absolute Gasteiger partial charge is 0.481 e. The fourth-order valence-electron chi connectivity index (χ4n) is 3.92. The number of likely N-dealkylation sites (tertiary alicyclic amines) is 1. The van der Waals surface area contributed by atoms with Crippen LogP contribution in [-0.2, 0) is 16.0 Å². The quantitative estimate of drug-likeness (QED) is 0.151. The van der Waals surface area contributed by atoms with Crippen LogP contribution < -0.4 is 0 Å². The van der Waals surface area contributed by atoms with Crippen LogP contribution in [0.5, 0.6) is 0 Å². The summed E-state index contributed by atoms with van der Waals surface area (Å²) in [5.74, 6) is 0.